The summed E-state index contributed by atoms with van der Waals surface area (Å²) in [5, 5.41) is 5.35. The van der Waals surface area contributed by atoms with Crippen LogP contribution in [0.1, 0.15) is 25.8 Å². The maximum absolute atomic E-state index is 12.2. The zero-order valence-electron chi connectivity index (χ0n) is 11.8. The molecule has 0 aliphatic rings. The number of nitrogens with zero attached hydrogens (tertiary/aromatic N) is 2. The SMILES string of the molecule is Cc1csc2c(=O)n(CCNCCC(C)C)cnc12. The number of thiophene rings is 1. The van der Waals surface area contributed by atoms with Crippen LogP contribution in [0.15, 0.2) is 16.5 Å². The molecule has 0 aromatic carbocycles. The molecule has 1 N–H and O–H groups in total. The minimum atomic E-state index is 0.0776. The second-order valence-electron chi connectivity index (χ2n) is 5.27. The summed E-state index contributed by atoms with van der Waals surface area (Å²) in [5.74, 6) is 0.710. The van der Waals surface area contributed by atoms with Crippen LogP contribution in [0.4, 0.5) is 0 Å². The first-order valence-electron chi connectivity index (χ1n) is 6.73. The van der Waals surface area contributed by atoms with E-state index in [0.29, 0.717) is 12.5 Å². The van der Waals surface area contributed by atoms with Gasteiger partial charge >= 0.3 is 0 Å². The van der Waals surface area contributed by atoms with E-state index in [4.69, 9.17) is 0 Å². The van der Waals surface area contributed by atoms with Gasteiger partial charge in [-0.15, -0.1) is 11.3 Å². The largest absolute Gasteiger partial charge is 0.315 e. The molecule has 104 valence electrons. The smallest absolute Gasteiger partial charge is 0.271 e. The van der Waals surface area contributed by atoms with Crippen LogP contribution in [0.5, 0.6) is 0 Å². The molecule has 0 spiro atoms. The van der Waals surface area contributed by atoms with Gasteiger partial charge in [-0.25, -0.2) is 4.98 Å². The summed E-state index contributed by atoms with van der Waals surface area (Å²) in [6.07, 6.45) is 2.82. The standard InChI is InChI=1S/C14H21N3OS/c1-10(2)4-5-15-6-7-17-9-16-12-11(3)8-19-13(12)14(17)18/h8-10,15H,4-7H2,1-3H3. The summed E-state index contributed by atoms with van der Waals surface area (Å²) in [5.41, 5.74) is 2.01. The maximum atomic E-state index is 12.2. The molecule has 0 atom stereocenters. The Labute approximate surface area is 117 Å². The van der Waals surface area contributed by atoms with Crippen LogP contribution in [0.3, 0.4) is 0 Å². The van der Waals surface area contributed by atoms with Gasteiger partial charge in [0.05, 0.1) is 11.8 Å². The van der Waals surface area contributed by atoms with Crippen molar-refractivity contribution in [3.8, 4) is 0 Å². The van der Waals surface area contributed by atoms with E-state index >= 15 is 0 Å². The molecular weight excluding hydrogens is 258 g/mol. The summed E-state index contributed by atoms with van der Waals surface area (Å²) < 4.78 is 2.46. The first kappa shape index (κ1) is 14.2. The minimum absolute atomic E-state index is 0.0776. The van der Waals surface area contributed by atoms with Gasteiger partial charge in [-0.3, -0.25) is 9.36 Å². The lowest BCUT2D eigenvalue weighted by molar-refractivity contribution is 0.515. The van der Waals surface area contributed by atoms with Crippen molar-refractivity contribution in [1.29, 1.82) is 0 Å². The molecule has 19 heavy (non-hydrogen) atoms. The highest BCUT2D eigenvalue weighted by Gasteiger charge is 2.07. The van der Waals surface area contributed by atoms with Gasteiger partial charge in [0.1, 0.15) is 4.70 Å². The molecule has 0 saturated carbocycles. The lowest BCUT2D eigenvalue weighted by Crippen LogP contribution is -2.27. The van der Waals surface area contributed by atoms with Crippen molar-refractivity contribution >= 4 is 21.6 Å². The quantitative estimate of drug-likeness (QED) is 0.826. The molecule has 0 radical (unpaired) electrons. The van der Waals surface area contributed by atoms with Gasteiger partial charge in [0.15, 0.2) is 0 Å². The van der Waals surface area contributed by atoms with Gasteiger partial charge in [0, 0.05) is 13.1 Å². The molecule has 0 aliphatic heterocycles. The van der Waals surface area contributed by atoms with E-state index in [9.17, 15) is 4.79 Å². The number of aromatic nitrogens is 2. The lowest BCUT2D eigenvalue weighted by atomic mass is 10.1. The van der Waals surface area contributed by atoms with Crippen molar-refractivity contribution in [2.75, 3.05) is 13.1 Å². The molecule has 0 unspecified atom stereocenters. The van der Waals surface area contributed by atoms with Crippen LogP contribution in [-0.4, -0.2) is 22.6 Å². The van der Waals surface area contributed by atoms with Crippen molar-refractivity contribution in [2.45, 2.75) is 33.7 Å². The molecule has 0 fully saturated rings. The third kappa shape index (κ3) is 3.42. The monoisotopic (exact) mass is 279 g/mol. The Kier molecular flexibility index (Phi) is 4.71. The van der Waals surface area contributed by atoms with Gasteiger partial charge < -0.3 is 5.32 Å². The van der Waals surface area contributed by atoms with Crippen molar-refractivity contribution in [1.82, 2.24) is 14.9 Å². The van der Waals surface area contributed by atoms with Gasteiger partial charge in [-0.05, 0) is 36.8 Å². The Morgan fingerprint density at radius 3 is 2.95 bits per heavy atom. The minimum Gasteiger partial charge on any atom is -0.315 e. The number of hydrogen-bond acceptors (Lipinski definition) is 4. The molecular formula is C14H21N3OS. The van der Waals surface area contributed by atoms with Crippen LogP contribution >= 0.6 is 11.3 Å². The highest BCUT2D eigenvalue weighted by Crippen LogP contribution is 2.19. The van der Waals surface area contributed by atoms with Crippen LogP contribution in [0, 0.1) is 12.8 Å². The number of aryl methyl sites for hydroxylation is 1. The first-order valence-corrected chi connectivity index (χ1v) is 7.61. The fourth-order valence-electron chi connectivity index (χ4n) is 1.93. The predicted molar refractivity (Wildman–Crippen MR) is 80.9 cm³/mol. The molecule has 2 aromatic heterocycles. The molecule has 4 nitrogen and oxygen atoms in total. The topological polar surface area (TPSA) is 46.9 Å². The third-order valence-corrected chi connectivity index (χ3v) is 4.23. The highest BCUT2D eigenvalue weighted by atomic mass is 32.1. The molecule has 2 rings (SSSR count). The van der Waals surface area contributed by atoms with E-state index in [2.05, 4.69) is 24.1 Å². The highest BCUT2D eigenvalue weighted by molar-refractivity contribution is 7.17. The number of nitrogens with one attached hydrogen (secondary N) is 1. The molecule has 2 heterocycles. The van der Waals surface area contributed by atoms with Crippen LogP contribution in [-0.2, 0) is 6.54 Å². The normalized spacial score (nSPS) is 11.6. The fraction of sp³-hybridized carbons (Fsp3) is 0.571. The summed E-state index contributed by atoms with van der Waals surface area (Å²) in [6.45, 7) is 8.90. The molecule has 5 heteroatoms. The summed E-state index contributed by atoms with van der Waals surface area (Å²) >= 11 is 1.49. The third-order valence-electron chi connectivity index (χ3n) is 3.15. The average molecular weight is 279 g/mol. The Morgan fingerprint density at radius 2 is 2.21 bits per heavy atom. The van der Waals surface area contributed by atoms with E-state index in [1.54, 1.807) is 10.9 Å². The van der Waals surface area contributed by atoms with Crippen LogP contribution in [0.2, 0.25) is 0 Å². The van der Waals surface area contributed by atoms with Gasteiger partial charge in [-0.2, -0.15) is 0 Å². The van der Waals surface area contributed by atoms with E-state index in [1.165, 1.54) is 11.3 Å². The zero-order chi connectivity index (χ0) is 13.8. The van der Waals surface area contributed by atoms with E-state index < -0.39 is 0 Å². The number of fused-ring (bicyclic) bond motifs is 1. The van der Waals surface area contributed by atoms with E-state index in [1.807, 2.05) is 12.3 Å². The predicted octanol–water partition coefficient (Wildman–Crippen LogP) is 2.40. The van der Waals surface area contributed by atoms with Crippen LogP contribution < -0.4 is 10.9 Å². The van der Waals surface area contributed by atoms with E-state index in [0.717, 1.165) is 35.3 Å². The molecule has 0 aliphatic carbocycles. The van der Waals surface area contributed by atoms with Crippen molar-refractivity contribution in [3.05, 3.63) is 27.6 Å². The van der Waals surface area contributed by atoms with Crippen molar-refractivity contribution in [3.63, 3.8) is 0 Å². The maximum Gasteiger partial charge on any atom is 0.271 e. The first-order chi connectivity index (χ1) is 9.09. The average Bonchev–Trinajstić information content (AvgIpc) is 2.74. The van der Waals surface area contributed by atoms with E-state index in [-0.39, 0.29) is 5.56 Å². The summed E-state index contributed by atoms with van der Waals surface area (Å²) in [4.78, 5) is 16.6. The van der Waals surface area contributed by atoms with Crippen LogP contribution in [0.25, 0.3) is 10.2 Å². The Balaban J connectivity index is 1.98. The molecule has 0 amide bonds. The Hall–Kier alpha value is -1.20. The molecule has 2 aromatic rings. The number of hydrogen-bond donors (Lipinski definition) is 1. The Bertz CT molecular complexity index is 600. The molecule has 0 saturated heterocycles. The van der Waals surface area contributed by atoms with Crippen molar-refractivity contribution in [2.24, 2.45) is 5.92 Å². The van der Waals surface area contributed by atoms with Gasteiger partial charge in [-0.1, -0.05) is 13.8 Å². The van der Waals surface area contributed by atoms with Gasteiger partial charge in [0.25, 0.3) is 5.56 Å². The lowest BCUT2D eigenvalue weighted by Gasteiger charge is -2.08. The summed E-state index contributed by atoms with van der Waals surface area (Å²) in [6, 6.07) is 0. The zero-order valence-corrected chi connectivity index (χ0v) is 12.6. The van der Waals surface area contributed by atoms with Gasteiger partial charge in [0.2, 0.25) is 0 Å². The Morgan fingerprint density at radius 1 is 1.42 bits per heavy atom. The summed E-state index contributed by atoms with van der Waals surface area (Å²) in [7, 11) is 0. The molecule has 0 bridgehead atoms. The van der Waals surface area contributed by atoms with Crippen molar-refractivity contribution < 1.29 is 0 Å². The fourth-order valence-corrected chi connectivity index (χ4v) is 2.88. The second-order valence-corrected chi connectivity index (χ2v) is 6.15. The number of rotatable bonds is 6. The second kappa shape index (κ2) is 6.30.